The molecule has 170 valence electrons. The van der Waals surface area contributed by atoms with Crippen LogP contribution in [0.1, 0.15) is 47.4 Å². The third-order valence-electron chi connectivity index (χ3n) is 6.00. The molecule has 1 spiro atoms. The standard InChI is InChI=1S/C23H26N2O5S2/c1-17(26)19-3-7-21(8-4-19)31-25-15-16-30-23(25)11-13-24(14-12-23)32(28,29)22-9-5-20(6-10-22)18(2)27/h3-10H,11-16H2,1-2H3. The highest BCUT2D eigenvalue weighted by Crippen LogP contribution is 2.42. The van der Waals surface area contributed by atoms with Crippen molar-refractivity contribution in [2.45, 2.75) is 42.2 Å². The van der Waals surface area contributed by atoms with Crippen molar-refractivity contribution in [1.82, 2.24) is 8.61 Å². The molecule has 2 aliphatic heterocycles. The summed E-state index contributed by atoms with van der Waals surface area (Å²) in [6.07, 6.45) is 1.13. The first-order valence-corrected chi connectivity index (χ1v) is 12.7. The Kier molecular flexibility index (Phi) is 6.56. The van der Waals surface area contributed by atoms with Crippen molar-refractivity contribution < 1.29 is 22.7 Å². The molecule has 0 N–H and O–H groups in total. The number of piperidine rings is 1. The van der Waals surface area contributed by atoms with Gasteiger partial charge in [0.2, 0.25) is 10.0 Å². The van der Waals surface area contributed by atoms with Gasteiger partial charge in [0, 0.05) is 48.5 Å². The number of rotatable bonds is 6. The smallest absolute Gasteiger partial charge is 0.243 e. The molecule has 4 rings (SSSR count). The Morgan fingerprint density at radius 1 is 0.875 bits per heavy atom. The Morgan fingerprint density at radius 3 is 1.94 bits per heavy atom. The van der Waals surface area contributed by atoms with Gasteiger partial charge in [-0.3, -0.25) is 9.59 Å². The minimum atomic E-state index is -3.63. The van der Waals surface area contributed by atoms with E-state index in [2.05, 4.69) is 4.31 Å². The molecule has 0 aliphatic carbocycles. The summed E-state index contributed by atoms with van der Waals surface area (Å²) in [5.41, 5.74) is 0.663. The fourth-order valence-corrected chi connectivity index (χ4v) is 6.60. The van der Waals surface area contributed by atoms with Crippen LogP contribution in [0.3, 0.4) is 0 Å². The van der Waals surface area contributed by atoms with Gasteiger partial charge in [-0.2, -0.15) is 4.31 Å². The van der Waals surface area contributed by atoms with Crippen LogP contribution in [0, 0.1) is 0 Å². The van der Waals surface area contributed by atoms with Crippen LogP contribution in [0.5, 0.6) is 0 Å². The van der Waals surface area contributed by atoms with E-state index >= 15 is 0 Å². The zero-order valence-electron chi connectivity index (χ0n) is 18.1. The van der Waals surface area contributed by atoms with E-state index < -0.39 is 15.7 Å². The maximum absolute atomic E-state index is 13.1. The van der Waals surface area contributed by atoms with Crippen molar-refractivity contribution in [3.05, 3.63) is 59.7 Å². The molecule has 32 heavy (non-hydrogen) atoms. The van der Waals surface area contributed by atoms with Crippen LogP contribution >= 0.6 is 11.9 Å². The van der Waals surface area contributed by atoms with Gasteiger partial charge in [0.05, 0.1) is 11.5 Å². The van der Waals surface area contributed by atoms with Crippen molar-refractivity contribution in [2.75, 3.05) is 26.2 Å². The number of carbonyl (C=O) groups is 2. The molecule has 2 aliphatic rings. The summed E-state index contributed by atoms with van der Waals surface area (Å²) < 4.78 is 36.0. The quantitative estimate of drug-likeness (QED) is 0.467. The highest BCUT2D eigenvalue weighted by molar-refractivity contribution is 7.97. The third-order valence-corrected chi connectivity index (χ3v) is 9.13. The van der Waals surface area contributed by atoms with Gasteiger partial charge in [0.25, 0.3) is 0 Å². The summed E-state index contributed by atoms with van der Waals surface area (Å²) in [5.74, 6) is -0.0622. The Bertz CT molecular complexity index is 1110. The van der Waals surface area contributed by atoms with Gasteiger partial charge < -0.3 is 4.74 Å². The molecule has 0 aromatic heterocycles. The fraction of sp³-hybridized carbons (Fsp3) is 0.391. The predicted octanol–water partition coefficient (Wildman–Crippen LogP) is 3.61. The molecule has 0 radical (unpaired) electrons. The van der Waals surface area contributed by atoms with E-state index in [1.807, 2.05) is 24.3 Å². The number of hydrogen-bond donors (Lipinski definition) is 0. The van der Waals surface area contributed by atoms with E-state index in [4.69, 9.17) is 4.74 Å². The number of Topliss-reactive ketones (excluding diaryl/α,β-unsaturated/α-hetero) is 2. The van der Waals surface area contributed by atoms with E-state index in [1.165, 1.54) is 23.4 Å². The second-order valence-electron chi connectivity index (χ2n) is 8.05. The molecule has 9 heteroatoms. The molecule has 7 nitrogen and oxygen atoms in total. The fourth-order valence-electron chi connectivity index (χ4n) is 4.08. The van der Waals surface area contributed by atoms with Crippen LogP contribution in [-0.2, 0) is 14.8 Å². The maximum Gasteiger partial charge on any atom is 0.243 e. The average Bonchev–Trinajstić information content (AvgIpc) is 3.15. The molecule has 0 atom stereocenters. The largest absolute Gasteiger partial charge is 0.358 e. The minimum absolute atomic E-state index is 0.0343. The lowest BCUT2D eigenvalue weighted by atomic mass is 10.0. The van der Waals surface area contributed by atoms with Crippen molar-refractivity contribution in [1.29, 1.82) is 0 Å². The minimum Gasteiger partial charge on any atom is -0.358 e. The highest BCUT2D eigenvalue weighted by Gasteiger charge is 2.47. The first-order chi connectivity index (χ1) is 15.2. The topological polar surface area (TPSA) is 84.0 Å². The van der Waals surface area contributed by atoms with E-state index in [0.29, 0.717) is 43.7 Å². The Hall–Kier alpha value is -2.04. The lowest BCUT2D eigenvalue weighted by Gasteiger charge is -2.42. The number of benzene rings is 2. The number of ketones is 2. The van der Waals surface area contributed by atoms with Gasteiger partial charge in [0.15, 0.2) is 11.6 Å². The highest BCUT2D eigenvalue weighted by atomic mass is 32.2. The molecule has 0 unspecified atom stereocenters. The lowest BCUT2D eigenvalue weighted by Crippen LogP contribution is -2.52. The van der Waals surface area contributed by atoms with Gasteiger partial charge in [-0.25, -0.2) is 12.7 Å². The van der Waals surface area contributed by atoms with E-state index in [9.17, 15) is 18.0 Å². The molecule has 2 heterocycles. The van der Waals surface area contributed by atoms with Crippen LogP contribution in [0.25, 0.3) is 0 Å². The molecule has 0 bridgehead atoms. The van der Waals surface area contributed by atoms with Crippen molar-refractivity contribution in [2.24, 2.45) is 0 Å². The Morgan fingerprint density at radius 2 is 1.41 bits per heavy atom. The summed E-state index contributed by atoms with van der Waals surface area (Å²) in [5, 5.41) is 0. The summed E-state index contributed by atoms with van der Waals surface area (Å²) >= 11 is 1.58. The zero-order chi connectivity index (χ0) is 22.9. The number of hydrogen-bond acceptors (Lipinski definition) is 7. The van der Waals surface area contributed by atoms with Gasteiger partial charge in [-0.1, -0.05) is 24.3 Å². The van der Waals surface area contributed by atoms with Crippen molar-refractivity contribution >= 4 is 33.5 Å². The second-order valence-corrected chi connectivity index (χ2v) is 11.1. The first-order valence-electron chi connectivity index (χ1n) is 10.5. The normalized spacial score (nSPS) is 19.3. The zero-order valence-corrected chi connectivity index (χ0v) is 19.7. The van der Waals surface area contributed by atoms with Crippen LogP contribution < -0.4 is 0 Å². The van der Waals surface area contributed by atoms with Crippen LogP contribution in [0.15, 0.2) is 58.3 Å². The van der Waals surface area contributed by atoms with Gasteiger partial charge in [-0.15, -0.1) is 0 Å². The number of nitrogens with zero attached hydrogens (tertiary/aromatic N) is 2. The van der Waals surface area contributed by atoms with Crippen molar-refractivity contribution in [3.8, 4) is 0 Å². The third kappa shape index (κ3) is 4.53. The molecule has 0 saturated carbocycles. The van der Waals surface area contributed by atoms with E-state index in [1.54, 1.807) is 31.0 Å². The van der Waals surface area contributed by atoms with Gasteiger partial charge in [0.1, 0.15) is 5.72 Å². The monoisotopic (exact) mass is 474 g/mol. The summed E-state index contributed by atoms with van der Waals surface area (Å²) in [6, 6.07) is 13.6. The predicted molar refractivity (Wildman–Crippen MR) is 122 cm³/mol. The summed E-state index contributed by atoms with van der Waals surface area (Å²) in [4.78, 5) is 24.2. The van der Waals surface area contributed by atoms with Gasteiger partial charge >= 0.3 is 0 Å². The SMILES string of the molecule is CC(=O)c1ccc(SN2CCOC23CCN(S(=O)(=O)c2ccc(C(C)=O)cc2)CC3)cc1. The second kappa shape index (κ2) is 9.07. The Balaban J connectivity index is 1.44. The number of sulfonamides is 1. The lowest BCUT2D eigenvalue weighted by molar-refractivity contribution is -0.0775. The molecule has 2 fully saturated rings. The molecule has 2 saturated heterocycles. The van der Waals surface area contributed by atoms with E-state index in [0.717, 1.165) is 11.4 Å². The molecule has 2 aromatic rings. The number of ether oxygens (including phenoxy) is 1. The Labute approximate surface area is 192 Å². The average molecular weight is 475 g/mol. The first kappa shape index (κ1) is 23.1. The van der Waals surface area contributed by atoms with Crippen LogP contribution in [-0.4, -0.2) is 60.6 Å². The van der Waals surface area contributed by atoms with Crippen LogP contribution in [0.4, 0.5) is 0 Å². The van der Waals surface area contributed by atoms with Gasteiger partial charge in [-0.05, 0) is 50.1 Å². The molecular weight excluding hydrogens is 448 g/mol. The summed E-state index contributed by atoms with van der Waals surface area (Å²) in [7, 11) is -3.63. The molecular formula is C23H26N2O5S2. The molecule has 2 aromatic carbocycles. The van der Waals surface area contributed by atoms with Crippen molar-refractivity contribution in [3.63, 3.8) is 0 Å². The maximum atomic E-state index is 13.1. The number of carbonyl (C=O) groups excluding carboxylic acids is 2. The molecule has 0 amide bonds. The van der Waals surface area contributed by atoms with Crippen LogP contribution in [0.2, 0.25) is 0 Å². The summed E-state index contributed by atoms with van der Waals surface area (Å²) in [6.45, 7) is 5.06. The van der Waals surface area contributed by atoms with E-state index in [-0.39, 0.29) is 16.5 Å².